The minimum atomic E-state index is -1.78. The number of carboxylic acid groups (broad SMARTS) is 1. The molecule has 0 bridgehead atoms. The number of ether oxygens (including phenoxy) is 1. The number of carbonyl (C=O) groups excluding carboxylic acids is 1. The van der Waals surface area contributed by atoms with Crippen LogP contribution in [0.15, 0.2) is 35.9 Å². The lowest BCUT2D eigenvalue weighted by atomic mass is 9.77. The summed E-state index contributed by atoms with van der Waals surface area (Å²) in [6, 6.07) is 6.32. The molecule has 0 radical (unpaired) electrons. The first-order chi connectivity index (χ1) is 9.84. The molecular formula is C16H19ClO4. The van der Waals surface area contributed by atoms with E-state index >= 15 is 0 Å². The molecule has 0 aliphatic carbocycles. The van der Waals surface area contributed by atoms with Gasteiger partial charge in [-0.3, -0.25) is 9.59 Å². The highest BCUT2D eigenvalue weighted by Gasteiger charge is 2.48. The van der Waals surface area contributed by atoms with Crippen molar-refractivity contribution in [3.05, 3.63) is 46.5 Å². The van der Waals surface area contributed by atoms with Crippen molar-refractivity contribution in [2.75, 3.05) is 6.61 Å². The molecule has 4 nitrogen and oxygen atoms in total. The topological polar surface area (TPSA) is 63.6 Å². The Morgan fingerprint density at radius 2 is 2.05 bits per heavy atom. The maximum Gasteiger partial charge on any atom is 0.328 e. The van der Waals surface area contributed by atoms with Gasteiger partial charge < -0.3 is 9.84 Å². The minimum absolute atomic E-state index is 0.0177. The van der Waals surface area contributed by atoms with Crippen molar-refractivity contribution in [3.8, 4) is 0 Å². The van der Waals surface area contributed by atoms with Gasteiger partial charge in [0, 0.05) is 5.02 Å². The summed E-state index contributed by atoms with van der Waals surface area (Å²) in [5.74, 6) is -2.03. The van der Waals surface area contributed by atoms with E-state index in [0.29, 0.717) is 10.6 Å². The molecule has 1 aromatic rings. The number of hydrogen-bond donors (Lipinski definition) is 1. The predicted octanol–water partition coefficient (Wildman–Crippen LogP) is 3.58. The average Bonchev–Trinajstić information content (AvgIpc) is 2.39. The maximum atomic E-state index is 12.4. The highest BCUT2D eigenvalue weighted by atomic mass is 35.5. The van der Waals surface area contributed by atoms with Crippen LogP contribution in [-0.2, 0) is 19.7 Å². The molecule has 0 saturated carbocycles. The number of allylic oxidation sites excluding steroid dienone is 2. The average molecular weight is 311 g/mol. The fraction of sp³-hybridized carbons (Fsp3) is 0.375. The molecule has 0 aliphatic rings. The van der Waals surface area contributed by atoms with Crippen LogP contribution in [0.1, 0.15) is 32.8 Å². The molecule has 0 saturated heterocycles. The normalized spacial score (nSPS) is 13.1. The summed E-state index contributed by atoms with van der Waals surface area (Å²) < 4.78 is 5.00. The molecule has 0 aromatic heterocycles. The van der Waals surface area contributed by atoms with Crippen molar-refractivity contribution in [2.24, 2.45) is 0 Å². The lowest BCUT2D eigenvalue weighted by molar-refractivity contribution is -0.161. The third kappa shape index (κ3) is 3.85. The number of rotatable bonds is 6. The van der Waals surface area contributed by atoms with Gasteiger partial charge in [-0.1, -0.05) is 35.4 Å². The fourth-order valence-corrected chi connectivity index (χ4v) is 2.17. The number of carboxylic acids is 1. The standard InChI is InChI=1S/C16H19ClO4/c1-4-21-15(20)16(14(18)19,9-8-11(2)3)12-6-5-7-13(17)10-12/h5-8,10H,4,9H2,1-3H3,(H,18,19). The molecule has 1 aromatic carbocycles. The molecule has 0 fully saturated rings. The summed E-state index contributed by atoms with van der Waals surface area (Å²) in [6.45, 7) is 5.44. The monoisotopic (exact) mass is 310 g/mol. The zero-order chi connectivity index (χ0) is 16.0. The van der Waals surface area contributed by atoms with Gasteiger partial charge in [0.25, 0.3) is 0 Å². The van der Waals surface area contributed by atoms with E-state index in [2.05, 4.69) is 0 Å². The first-order valence-corrected chi connectivity index (χ1v) is 7.02. The van der Waals surface area contributed by atoms with Gasteiger partial charge in [0.15, 0.2) is 5.41 Å². The fourth-order valence-electron chi connectivity index (χ4n) is 1.98. The van der Waals surface area contributed by atoms with Gasteiger partial charge in [-0.15, -0.1) is 0 Å². The first kappa shape index (κ1) is 17.2. The molecular weight excluding hydrogens is 292 g/mol. The van der Waals surface area contributed by atoms with Crippen LogP contribution in [0.25, 0.3) is 0 Å². The van der Waals surface area contributed by atoms with Gasteiger partial charge in [-0.2, -0.15) is 0 Å². The van der Waals surface area contributed by atoms with E-state index in [-0.39, 0.29) is 13.0 Å². The molecule has 1 rings (SSSR count). The number of benzene rings is 1. The van der Waals surface area contributed by atoms with Crippen LogP contribution < -0.4 is 0 Å². The van der Waals surface area contributed by atoms with Crippen LogP contribution in [0.2, 0.25) is 5.02 Å². The molecule has 1 unspecified atom stereocenters. The summed E-state index contributed by atoms with van der Waals surface area (Å²) in [7, 11) is 0. The third-order valence-corrected chi connectivity index (χ3v) is 3.36. The van der Waals surface area contributed by atoms with Gasteiger partial charge in [-0.25, -0.2) is 0 Å². The summed E-state index contributed by atoms with van der Waals surface area (Å²) >= 11 is 5.94. The van der Waals surface area contributed by atoms with E-state index in [9.17, 15) is 14.7 Å². The van der Waals surface area contributed by atoms with Crippen molar-refractivity contribution < 1.29 is 19.4 Å². The number of aliphatic carboxylic acids is 1. The number of halogens is 1. The van der Waals surface area contributed by atoms with Crippen LogP contribution in [0.5, 0.6) is 0 Å². The minimum Gasteiger partial charge on any atom is -0.480 e. The second kappa shape index (κ2) is 7.27. The van der Waals surface area contributed by atoms with Crippen LogP contribution in [0.3, 0.4) is 0 Å². The molecule has 0 aliphatic heterocycles. The molecule has 0 heterocycles. The highest BCUT2D eigenvalue weighted by Crippen LogP contribution is 2.33. The van der Waals surface area contributed by atoms with E-state index in [1.54, 1.807) is 31.2 Å². The van der Waals surface area contributed by atoms with E-state index in [1.165, 1.54) is 6.07 Å². The van der Waals surface area contributed by atoms with Crippen LogP contribution in [0.4, 0.5) is 0 Å². The van der Waals surface area contributed by atoms with Gasteiger partial charge >= 0.3 is 11.9 Å². The molecule has 5 heteroatoms. The number of esters is 1. The number of hydrogen-bond acceptors (Lipinski definition) is 3. The van der Waals surface area contributed by atoms with Crippen molar-refractivity contribution in [3.63, 3.8) is 0 Å². The van der Waals surface area contributed by atoms with E-state index in [4.69, 9.17) is 16.3 Å². The molecule has 114 valence electrons. The quantitative estimate of drug-likeness (QED) is 0.495. The molecule has 0 amide bonds. The molecule has 1 N–H and O–H groups in total. The Labute approximate surface area is 129 Å². The second-order valence-corrected chi connectivity index (χ2v) is 5.36. The first-order valence-electron chi connectivity index (χ1n) is 6.64. The Morgan fingerprint density at radius 3 is 2.52 bits per heavy atom. The van der Waals surface area contributed by atoms with Gasteiger partial charge in [-0.05, 0) is 44.9 Å². The Kier molecular flexibility index (Phi) is 5.97. The smallest absolute Gasteiger partial charge is 0.328 e. The lowest BCUT2D eigenvalue weighted by Crippen LogP contribution is -2.44. The third-order valence-electron chi connectivity index (χ3n) is 3.12. The maximum absolute atomic E-state index is 12.4. The Morgan fingerprint density at radius 1 is 1.38 bits per heavy atom. The summed E-state index contributed by atoms with van der Waals surface area (Å²) in [5.41, 5.74) is -0.538. The zero-order valence-corrected chi connectivity index (χ0v) is 13.1. The zero-order valence-electron chi connectivity index (χ0n) is 12.4. The SMILES string of the molecule is CCOC(=O)C(CC=C(C)C)(C(=O)O)c1cccc(Cl)c1. The summed E-state index contributed by atoms with van der Waals surface area (Å²) in [6.07, 6.45) is 1.73. The van der Waals surface area contributed by atoms with Crippen LogP contribution in [0, 0.1) is 0 Å². The van der Waals surface area contributed by atoms with Crippen molar-refractivity contribution in [1.82, 2.24) is 0 Å². The lowest BCUT2D eigenvalue weighted by Gasteiger charge is -2.27. The molecule has 21 heavy (non-hydrogen) atoms. The molecule has 0 spiro atoms. The van der Waals surface area contributed by atoms with Crippen LogP contribution >= 0.6 is 11.6 Å². The van der Waals surface area contributed by atoms with Crippen molar-refractivity contribution in [1.29, 1.82) is 0 Å². The highest BCUT2D eigenvalue weighted by molar-refractivity contribution is 6.30. The molecule has 1 atom stereocenters. The Balaban J connectivity index is 3.47. The van der Waals surface area contributed by atoms with Crippen molar-refractivity contribution >= 4 is 23.5 Å². The van der Waals surface area contributed by atoms with E-state index in [0.717, 1.165) is 5.57 Å². The summed E-state index contributed by atoms with van der Waals surface area (Å²) in [5, 5.41) is 10.1. The van der Waals surface area contributed by atoms with Gasteiger partial charge in [0.1, 0.15) is 0 Å². The summed E-state index contributed by atoms with van der Waals surface area (Å²) in [4.78, 5) is 24.2. The second-order valence-electron chi connectivity index (χ2n) is 4.93. The Bertz CT molecular complexity index is 561. The van der Waals surface area contributed by atoms with Gasteiger partial charge in [0.05, 0.1) is 6.61 Å². The van der Waals surface area contributed by atoms with E-state index in [1.807, 2.05) is 13.8 Å². The van der Waals surface area contributed by atoms with Crippen molar-refractivity contribution in [2.45, 2.75) is 32.6 Å². The number of carbonyl (C=O) groups is 2. The predicted molar refractivity (Wildman–Crippen MR) is 81.4 cm³/mol. The Hall–Kier alpha value is -1.81. The largest absolute Gasteiger partial charge is 0.480 e. The van der Waals surface area contributed by atoms with Gasteiger partial charge in [0.2, 0.25) is 0 Å². The van der Waals surface area contributed by atoms with Crippen LogP contribution in [-0.4, -0.2) is 23.7 Å². The van der Waals surface area contributed by atoms with E-state index < -0.39 is 17.4 Å².